The van der Waals surface area contributed by atoms with Crippen molar-refractivity contribution in [3.63, 3.8) is 0 Å². The summed E-state index contributed by atoms with van der Waals surface area (Å²) in [6, 6.07) is 0. The Balaban J connectivity index is 3.51. The summed E-state index contributed by atoms with van der Waals surface area (Å²) in [6.07, 6.45) is 13.1. The fourth-order valence-electron chi connectivity index (χ4n) is 2.93. The molecule has 2 atom stereocenters. The Labute approximate surface area is 133 Å². The molecule has 0 aromatic heterocycles. The van der Waals surface area contributed by atoms with Crippen molar-refractivity contribution >= 4 is 0 Å². The highest BCUT2D eigenvalue weighted by Crippen LogP contribution is 2.12. The van der Waals surface area contributed by atoms with E-state index < -0.39 is 6.10 Å². The van der Waals surface area contributed by atoms with Gasteiger partial charge in [-0.25, -0.2) is 0 Å². The van der Waals surface area contributed by atoms with Gasteiger partial charge >= 0.3 is 0 Å². The summed E-state index contributed by atoms with van der Waals surface area (Å²) < 4.78 is 0.874. The molecule has 0 radical (unpaired) electrons. The zero-order valence-electron chi connectivity index (χ0n) is 14.8. The van der Waals surface area contributed by atoms with Crippen molar-refractivity contribution in [2.45, 2.75) is 84.2 Å². The SMILES string of the molecule is CCCCCCCCCCCC[N+](C)(CC)CC(O)CO. The zero-order valence-corrected chi connectivity index (χ0v) is 14.8. The molecule has 0 aromatic carbocycles. The molecular formula is C18H40NO2+. The van der Waals surface area contributed by atoms with Crippen LogP contribution < -0.4 is 0 Å². The average molecular weight is 303 g/mol. The minimum absolute atomic E-state index is 0.119. The highest BCUT2D eigenvalue weighted by atomic mass is 16.3. The van der Waals surface area contributed by atoms with Gasteiger partial charge in [-0.1, -0.05) is 58.3 Å². The van der Waals surface area contributed by atoms with E-state index in [9.17, 15) is 5.11 Å². The smallest absolute Gasteiger partial charge is 0.126 e. The summed E-state index contributed by atoms with van der Waals surface area (Å²) in [5.74, 6) is 0. The van der Waals surface area contributed by atoms with Crippen molar-refractivity contribution < 1.29 is 14.7 Å². The number of aliphatic hydroxyl groups is 2. The number of rotatable bonds is 15. The normalized spacial score (nSPS) is 15.9. The molecule has 0 aliphatic carbocycles. The summed E-state index contributed by atoms with van der Waals surface area (Å²) in [7, 11) is 2.19. The van der Waals surface area contributed by atoms with Crippen LogP contribution in [0.1, 0.15) is 78.1 Å². The molecule has 0 bridgehead atoms. The first kappa shape index (κ1) is 20.9. The highest BCUT2D eigenvalue weighted by Gasteiger charge is 2.22. The maximum atomic E-state index is 9.62. The first-order chi connectivity index (χ1) is 10.1. The van der Waals surface area contributed by atoms with Gasteiger partial charge in [0, 0.05) is 0 Å². The summed E-state index contributed by atoms with van der Waals surface area (Å²) in [5, 5.41) is 18.6. The van der Waals surface area contributed by atoms with Crippen molar-refractivity contribution in [2.75, 3.05) is 33.3 Å². The quantitative estimate of drug-likeness (QED) is 0.357. The summed E-state index contributed by atoms with van der Waals surface area (Å²) in [5.41, 5.74) is 0. The lowest BCUT2D eigenvalue weighted by Gasteiger charge is -2.35. The number of nitrogens with zero attached hydrogens (tertiary/aromatic N) is 1. The lowest BCUT2D eigenvalue weighted by Crippen LogP contribution is -2.50. The molecule has 2 unspecified atom stereocenters. The summed E-state index contributed by atoms with van der Waals surface area (Å²) >= 11 is 0. The number of likely N-dealkylation sites (N-methyl/N-ethyl adjacent to an activating group) is 1. The third-order valence-corrected chi connectivity index (χ3v) is 4.68. The van der Waals surface area contributed by atoms with Crippen molar-refractivity contribution in [1.29, 1.82) is 0 Å². The van der Waals surface area contributed by atoms with Gasteiger partial charge in [0.05, 0.1) is 26.7 Å². The van der Waals surface area contributed by atoms with Crippen LogP contribution in [0.4, 0.5) is 0 Å². The van der Waals surface area contributed by atoms with E-state index in [0.717, 1.165) is 17.6 Å². The van der Waals surface area contributed by atoms with Crippen LogP contribution in [-0.4, -0.2) is 54.1 Å². The number of unbranched alkanes of at least 4 members (excludes halogenated alkanes) is 9. The lowest BCUT2D eigenvalue weighted by molar-refractivity contribution is -0.911. The first-order valence-corrected chi connectivity index (χ1v) is 9.20. The van der Waals surface area contributed by atoms with Gasteiger partial charge in [-0.15, -0.1) is 0 Å². The topological polar surface area (TPSA) is 40.5 Å². The molecule has 0 aliphatic rings. The van der Waals surface area contributed by atoms with Crippen LogP contribution in [0.25, 0.3) is 0 Å². The van der Waals surface area contributed by atoms with Crippen molar-refractivity contribution in [3.05, 3.63) is 0 Å². The molecule has 128 valence electrons. The Morgan fingerprint density at radius 2 is 1.29 bits per heavy atom. The molecule has 3 nitrogen and oxygen atoms in total. The number of hydrogen-bond acceptors (Lipinski definition) is 2. The number of hydrogen-bond donors (Lipinski definition) is 2. The van der Waals surface area contributed by atoms with Crippen molar-refractivity contribution in [1.82, 2.24) is 0 Å². The van der Waals surface area contributed by atoms with E-state index in [0.29, 0.717) is 6.54 Å². The molecule has 3 heteroatoms. The van der Waals surface area contributed by atoms with Crippen LogP contribution in [0.15, 0.2) is 0 Å². The van der Waals surface area contributed by atoms with Crippen LogP contribution in [0, 0.1) is 0 Å². The van der Waals surface area contributed by atoms with Crippen LogP contribution in [-0.2, 0) is 0 Å². The predicted molar refractivity (Wildman–Crippen MR) is 91.4 cm³/mol. The fraction of sp³-hybridized carbons (Fsp3) is 1.00. The molecule has 0 saturated carbocycles. The van der Waals surface area contributed by atoms with Gasteiger partial charge in [-0.3, -0.25) is 0 Å². The Morgan fingerprint density at radius 3 is 1.71 bits per heavy atom. The van der Waals surface area contributed by atoms with Gasteiger partial charge in [-0.05, 0) is 19.8 Å². The van der Waals surface area contributed by atoms with Crippen molar-refractivity contribution in [3.8, 4) is 0 Å². The third-order valence-electron chi connectivity index (χ3n) is 4.68. The van der Waals surface area contributed by atoms with Crippen LogP contribution in [0.3, 0.4) is 0 Å². The number of aliphatic hydroxyl groups excluding tert-OH is 2. The largest absolute Gasteiger partial charge is 0.393 e. The second-order valence-corrected chi connectivity index (χ2v) is 6.86. The Morgan fingerprint density at radius 1 is 0.810 bits per heavy atom. The molecular weight excluding hydrogens is 262 g/mol. The minimum atomic E-state index is -0.571. The molecule has 21 heavy (non-hydrogen) atoms. The predicted octanol–water partition coefficient (Wildman–Crippen LogP) is 3.73. The Kier molecular flexibility index (Phi) is 13.5. The molecule has 0 spiro atoms. The van der Waals surface area contributed by atoms with E-state index in [-0.39, 0.29) is 6.61 Å². The van der Waals surface area contributed by atoms with E-state index in [4.69, 9.17) is 5.11 Å². The monoisotopic (exact) mass is 302 g/mol. The zero-order chi connectivity index (χ0) is 16.0. The average Bonchev–Trinajstić information content (AvgIpc) is 2.49. The maximum absolute atomic E-state index is 9.62. The standard InChI is InChI=1S/C18H40NO2/c1-4-6-7-8-9-10-11-12-13-14-15-19(3,5-2)16-18(21)17-20/h18,20-21H,4-17H2,1-3H3/q+1. The van der Waals surface area contributed by atoms with E-state index in [1.807, 2.05) is 0 Å². The molecule has 0 aliphatic heterocycles. The fourth-order valence-corrected chi connectivity index (χ4v) is 2.93. The summed E-state index contributed by atoms with van der Waals surface area (Å²) in [6.45, 7) is 7.12. The minimum Gasteiger partial charge on any atom is -0.393 e. The summed E-state index contributed by atoms with van der Waals surface area (Å²) in [4.78, 5) is 0. The highest BCUT2D eigenvalue weighted by molar-refractivity contribution is 4.53. The van der Waals surface area contributed by atoms with Gasteiger partial charge < -0.3 is 14.7 Å². The molecule has 0 fully saturated rings. The molecule has 0 saturated heterocycles. The second kappa shape index (κ2) is 13.5. The van der Waals surface area contributed by atoms with E-state index in [2.05, 4.69) is 20.9 Å². The molecule has 2 N–H and O–H groups in total. The van der Waals surface area contributed by atoms with E-state index in [1.54, 1.807) is 0 Å². The Hall–Kier alpha value is -0.120. The molecule has 0 amide bonds. The van der Waals surface area contributed by atoms with Gasteiger partial charge in [0.1, 0.15) is 12.6 Å². The number of quaternary nitrogens is 1. The van der Waals surface area contributed by atoms with E-state index in [1.165, 1.54) is 64.2 Å². The molecule has 0 aromatic rings. The van der Waals surface area contributed by atoms with Crippen LogP contribution >= 0.6 is 0 Å². The van der Waals surface area contributed by atoms with Gasteiger partial charge in [0.2, 0.25) is 0 Å². The third kappa shape index (κ3) is 12.1. The van der Waals surface area contributed by atoms with Gasteiger partial charge in [-0.2, -0.15) is 0 Å². The van der Waals surface area contributed by atoms with E-state index >= 15 is 0 Å². The van der Waals surface area contributed by atoms with Crippen LogP contribution in [0.2, 0.25) is 0 Å². The second-order valence-electron chi connectivity index (χ2n) is 6.86. The first-order valence-electron chi connectivity index (χ1n) is 9.20. The van der Waals surface area contributed by atoms with Crippen molar-refractivity contribution in [2.24, 2.45) is 0 Å². The Bertz CT molecular complexity index is 223. The van der Waals surface area contributed by atoms with Gasteiger partial charge in [0.25, 0.3) is 0 Å². The molecule has 0 heterocycles. The molecule has 0 rings (SSSR count). The van der Waals surface area contributed by atoms with Gasteiger partial charge in [0.15, 0.2) is 0 Å². The lowest BCUT2D eigenvalue weighted by atomic mass is 10.1. The van der Waals surface area contributed by atoms with Crippen LogP contribution in [0.5, 0.6) is 0 Å². The maximum Gasteiger partial charge on any atom is 0.126 e.